The quantitative estimate of drug-likeness (QED) is 0.436. The molecule has 1 heteroatoms. The zero-order chi connectivity index (χ0) is 9.11. The molecule has 0 spiro atoms. The lowest BCUT2D eigenvalue weighted by atomic mass is 10.2. The SMILES string of the molecule is C=C/C=C(\C=NC)CC.CC. The fourth-order valence-electron chi connectivity index (χ4n) is 0.569. The molecule has 0 N–H and O–H groups in total. The summed E-state index contributed by atoms with van der Waals surface area (Å²) in [7, 11) is 1.77. The Labute approximate surface area is 70.5 Å². The largest absolute Gasteiger partial charge is 0.296 e. The molecule has 64 valence electrons. The van der Waals surface area contributed by atoms with Gasteiger partial charge in [-0.15, -0.1) is 0 Å². The van der Waals surface area contributed by atoms with E-state index in [1.807, 2.05) is 26.1 Å². The van der Waals surface area contributed by atoms with Crippen LogP contribution in [0, 0.1) is 0 Å². The van der Waals surface area contributed by atoms with Crippen LogP contribution in [0.1, 0.15) is 27.2 Å². The van der Waals surface area contributed by atoms with Crippen molar-refractivity contribution in [3.8, 4) is 0 Å². The third-order valence-corrected chi connectivity index (χ3v) is 1.04. The second kappa shape index (κ2) is 11.9. The lowest BCUT2D eigenvalue weighted by Crippen LogP contribution is -1.79. The van der Waals surface area contributed by atoms with Gasteiger partial charge in [-0.1, -0.05) is 39.5 Å². The van der Waals surface area contributed by atoms with Gasteiger partial charge in [0.05, 0.1) is 0 Å². The van der Waals surface area contributed by atoms with Crippen LogP contribution in [0.3, 0.4) is 0 Å². The molecule has 0 rings (SSSR count). The number of rotatable bonds is 3. The summed E-state index contributed by atoms with van der Waals surface area (Å²) in [5.74, 6) is 0. The van der Waals surface area contributed by atoms with E-state index in [1.165, 1.54) is 5.57 Å². The van der Waals surface area contributed by atoms with Gasteiger partial charge in [-0.05, 0) is 12.0 Å². The van der Waals surface area contributed by atoms with Gasteiger partial charge in [0.25, 0.3) is 0 Å². The molecule has 0 atom stereocenters. The molecule has 0 aliphatic carbocycles. The van der Waals surface area contributed by atoms with Crippen molar-refractivity contribution in [3.63, 3.8) is 0 Å². The molecule has 0 aromatic rings. The highest BCUT2D eigenvalue weighted by molar-refractivity contribution is 5.78. The molecule has 0 fully saturated rings. The fourth-order valence-corrected chi connectivity index (χ4v) is 0.569. The van der Waals surface area contributed by atoms with Crippen LogP contribution in [-0.4, -0.2) is 13.3 Å². The average molecular weight is 153 g/mol. The second-order valence-corrected chi connectivity index (χ2v) is 1.72. The van der Waals surface area contributed by atoms with Crippen molar-refractivity contribution < 1.29 is 0 Å². The van der Waals surface area contributed by atoms with Crippen LogP contribution in [0.25, 0.3) is 0 Å². The Morgan fingerprint density at radius 2 is 2.00 bits per heavy atom. The molecule has 0 aromatic heterocycles. The standard InChI is InChI=1S/C8H13N.C2H6/c1-4-6-8(5-2)7-9-3;1-2/h4,6-7H,1,5H2,2-3H3;1-2H3/b8-6-,9-7?;. The maximum Gasteiger partial charge on any atom is 0.0277 e. The minimum absolute atomic E-state index is 1.02. The van der Waals surface area contributed by atoms with Crippen molar-refractivity contribution >= 4 is 6.21 Å². The number of nitrogens with zero attached hydrogens (tertiary/aromatic N) is 1. The van der Waals surface area contributed by atoms with Gasteiger partial charge in [0.15, 0.2) is 0 Å². The van der Waals surface area contributed by atoms with Crippen LogP contribution < -0.4 is 0 Å². The molecule has 11 heavy (non-hydrogen) atoms. The molecule has 0 aromatic carbocycles. The Kier molecular flexibility index (Phi) is 13.8. The normalized spacial score (nSPS) is 10.7. The maximum absolute atomic E-state index is 3.88. The zero-order valence-corrected chi connectivity index (χ0v) is 8.09. The number of allylic oxidation sites excluding steroid dienone is 3. The van der Waals surface area contributed by atoms with E-state index in [9.17, 15) is 0 Å². The van der Waals surface area contributed by atoms with Gasteiger partial charge < -0.3 is 0 Å². The van der Waals surface area contributed by atoms with Crippen LogP contribution in [-0.2, 0) is 0 Å². The number of hydrogen-bond acceptors (Lipinski definition) is 1. The van der Waals surface area contributed by atoms with Crippen LogP contribution in [0.15, 0.2) is 29.3 Å². The molecule has 1 nitrogen and oxygen atoms in total. The molecule has 0 aliphatic heterocycles. The van der Waals surface area contributed by atoms with Crippen LogP contribution in [0.5, 0.6) is 0 Å². The van der Waals surface area contributed by atoms with E-state index < -0.39 is 0 Å². The lowest BCUT2D eigenvalue weighted by Gasteiger charge is -1.89. The molecular formula is C10H19N. The van der Waals surface area contributed by atoms with E-state index in [0.29, 0.717) is 0 Å². The molecule has 0 radical (unpaired) electrons. The molecular weight excluding hydrogens is 134 g/mol. The van der Waals surface area contributed by atoms with Gasteiger partial charge >= 0.3 is 0 Å². The molecule has 0 amide bonds. The minimum Gasteiger partial charge on any atom is -0.296 e. The first-order chi connectivity index (χ1) is 5.35. The summed E-state index contributed by atoms with van der Waals surface area (Å²) in [6, 6.07) is 0. The van der Waals surface area contributed by atoms with Gasteiger partial charge in [-0.3, -0.25) is 4.99 Å². The summed E-state index contributed by atoms with van der Waals surface area (Å²) in [4.78, 5) is 3.88. The van der Waals surface area contributed by atoms with E-state index in [-0.39, 0.29) is 0 Å². The third kappa shape index (κ3) is 9.15. The first-order valence-electron chi connectivity index (χ1n) is 4.09. The average Bonchev–Trinajstić information content (AvgIpc) is 2.08. The van der Waals surface area contributed by atoms with E-state index in [0.717, 1.165) is 6.42 Å². The summed E-state index contributed by atoms with van der Waals surface area (Å²) in [6.45, 7) is 9.69. The van der Waals surface area contributed by atoms with Crippen molar-refractivity contribution in [3.05, 3.63) is 24.3 Å². The van der Waals surface area contributed by atoms with Gasteiger partial charge in [0.1, 0.15) is 0 Å². The topological polar surface area (TPSA) is 12.4 Å². The number of hydrogen-bond donors (Lipinski definition) is 0. The molecule has 0 saturated heterocycles. The maximum atomic E-state index is 3.88. The molecule has 0 heterocycles. The smallest absolute Gasteiger partial charge is 0.0277 e. The van der Waals surface area contributed by atoms with Crippen LogP contribution in [0.2, 0.25) is 0 Å². The van der Waals surface area contributed by atoms with E-state index in [4.69, 9.17) is 0 Å². The molecule has 0 unspecified atom stereocenters. The molecule has 0 bridgehead atoms. The zero-order valence-electron chi connectivity index (χ0n) is 8.09. The Morgan fingerprint density at radius 3 is 2.27 bits per heavy atom. The fraction of sp³-hybridized carbons (Fsp3) is 0.500. The predicted octanol–water partition coefficient (Wildman–Crippen LogP) is 3.24. The monoisotopic (exact) mass is 153 g/mol. The Balaban J connectivity index is 0. The van der Waals surface area contributed by atoms with Gasteiger partial charge in [-0.2, -0.15) is 0 Å². The highest BCUT2D eigenvalue weighted by Crippen LogP contribution is 1.95. The first-order valence-corrected chi connectivity index (χ1v) is 4.09. The molecule has 0 saturated carbocycles. The van der Waals surface area contributed by atoms with E-state index >= 15 is 0 Å². The second-order valence-electron chi connectivity index (χ2n) is 1.72. The van der Waals surface area contributed by atoms with Crippen molar-refractivity contribution in [2.24, 2.45) is 4.99 Å². The summed E-state index contributed by atoms with van der Waals surface area (Å²) in [6.07, 6.45) is 6.61. The Morgan fingerprint density at radius 1 is 1.45 bits per heavy atom. The van der Waals surface area contributed by atoms with Crippen molar-refractivity contribution in [2.75, 3.05) is 7.05 Å². The molecule has 0 aliphatic rings. The van der Waals surface area contributed by atoms with E-state index in [1.54, 1.807) is 13.1 Å². The minimum atomic E-state index is 1.02. The predicted molar refractivity (Wildman–Crippen MR) is 54.3 cm³/mol. The lowest BCUT2D eigenvalue weighted by molar-refractivity contribution is 1.18. The number of aliphatic imine (C=N–C) groups is 1. The van der Waals surface area contributed by atoms with Gasteiger partial charge in [0, 0.05) is 13.3 Å². The first kappa shape index (κ1) is 12.8. The summed E-state index contributed by atoms with van der Waals surface area (Å²) < 4.78 is 0. The highest BCUT2D eigenvalue weighted by Gasteiger charge is 1.82. The highest BCUT2D eigenvalue weighted by atomic mass is 14.6. The third-order valence-electron chi connectivity index (χ3n) is 1.04. The van der Waals surface area contributed by atoms with Crippen molar-refractivity contribution in [1.82, 2.24) is 0 Å². The summed E-state index contributed by atoms with van der Waals surface area (Å²) in [5, 5.41) is 0. The van der Waals surface area contributed by atoms with Crippen molar-refractivity contribution in [2.45, 2.75) is 27.2 Å². The van der Waals surface area contributed by atoms with Crippen molar-refractivity contribution in [1.29, 1.82) is 0 Å². The Bertz CT molecular complexity index is 132. The summed E-state index contributed by atoms with van der Waals surface area (Å²) in [5.41, 5.74) is 1.22. The summed E-state index contributed by atoms with van der Waals surface area (Å²) >= 11 is 0. The Hall–Kier alpha value is -0.850. The van der Waals surface area contributed by atoms with E-state index in [2.05, 4.69) is 18.5 Å². The van der Waals surface area contributed by atoms with Gasteiger partial charge in [-0.25, -0.2) is 0 Å². The van der Waals surface area contributed by atoms with Crippen LogP contribution in [0.4, 0.5) is 0 Å². The van der Waals surface area contributed by atoms with Gasteiger partial charge in [0.2, 0.25) is 0 Å². The van der Waals surface area contributed by atoms with Crippen LogP contribution >= 0.6 is 0 Å².